The molecule has 0 atom stereocenters. The first-order valence-corrected chi connectivity index (χ1v) is 7.99. The molecule has 0 radical (unpaired) electrons. The Kier molecular flexibility index (Phi) is 7.11. The lowest BCUT2D eigenvalue weighted by Gasteiger charge is -2.08. The number of hydrogen-bond donors (Lipinski definition) is 2. The van der Waals surface area contributed by atoms with E-state index in [1.165, 1.54) is 5.56 Å². The van der Waals surface area contributed by atoms with E-state index in [9.17, 15) is 4.79 Å². The van der Waals surface area contributed by atoms with Crippen LogP contribution in [0.3, 0.4) is 0 Å². The minimum atomic E-state index is -0.00551. The fourth-order valence-electron chi connectivity index (χ4n) is 2.29. The van der Waals surface area contributed by atoms with Gasteiger partial charge in [0.2, 0.25) is 5.91 Å². The summed E-state index contributed by atoms with van der Waals surface area (Å²) in [6, 6.07) is 15.3. The number of methoxy groups -OCH3 is 2. The zero-order valence-electron chi connectivity index (χ0n) is 14.2. The molecule has 0 unspecified atom stereocenters. The fourth-order valence-corrected chi connectivity index (χ4v) is 2.29. The summed E-state index contributed by atoms with van der Waals surface area (Å²) in [6.45, 7) is 1.47. The Balaban J connectivity index is 1.63. The highest BCUT2D eigenvalue weighted by atomic mass is 16.5. The summed E-state index contributed by atoms with van der Waals surface area (Å²) in [6.07, 6.45) is 1.33. The lowest BCUT2D eigenvalue weighted by atomic mass is 10.1. The Labute approximate surface area is 143 Å². The molecule has 5 heteroatoms. The number of carbonyl (C=O) groups is 1. The molecule has 0 bridgehead atoms. The van der Waals surface area contributed by atoms with Gasteiger partial charge in [-0.25, -0.2) is 0 Å². The molecule has 0 saturated heterocycles. The van der Waals surface area contributed by atoms with Crippen molar-refractivity contribution in [2.45, 2.75) is 12.8 Å². The first kappa shape index (κ1) is 17.8. The van der Waals surface area contributed by atoms with E-state index in [-0.39, 0.29) is 5.91 Å². The Morgan fingerprint density at radius 1 is 0.958 bits per heavy atom. The van der Waals surface area contributed by atoms with Crippen molar-refractivity contribution in [1.82, 2.24) is 5.32 Å². The summed E-state index contributed by atoms with van der Waals surface area (Å²) in [5.74, 6) is 1.63. The van der Waals surface area contributed by atoms with Crippen LogP contribution in [0.25, 0.3) is 0 Å². The number of nitrogens with one attached hydrogen (secondary N) is 2. The Hall–Kier alpha value is -2.53. The van der Waals surface area contributed by atoms with Gasteiger partial charge < -0.3 is 20.1 Å². The highest BCUT2D eigenvalue weighted by Crippen LogP contribution is 2.15. The van der Waals surface area contributed by atoms with Crippen molar-refractivity contribution in [2.75, 3.05) is 32.6 Å². The number of benzene rings is 2. The van der Waals surface area contributed by atoms with Gasteiger partial charge in [-0.2, -0.15) is 0 Å². The van der Waals surface area contributed by atoms with Gasteiger partial charge in [0.25, 0.3) is 0 Å². The van der Waals surface area contributed by atoms with Crippen LogP contribution in [0.15, 0.2) is 48.5 Å². The van der Waals surface area contributed by atoms with Crippen molar-refractivity contribution in [2.24, 2.45) is 0 Å². The predicted octanol–water partition coefficient (Wildman–Crippen LogP) is 2.86. The summed E-state index contributed by atoms with van der Waals surface area (Å²) in [5, 5.41) is 6.15. The maximum absolute atomic E-state index is 11.9. The van der Waals surface area contributed by atoms with E-state index in [2.05, 4.69) is 16.7 Å². The van der Waals surface area contributed by atoms with Gasteiger partial charge in [-0.05, 0) is 54.9 Å². The van der Waals surface area contributed by atoms with E-state index >= 15 is 0 Å². The summed E-state index contributed by atoms with van der Waals surface area (Å²) >= 11 is 0. The standard InChI is InChI=1S/C19H24N2O3/c1-23-17-8-6-16(7-9-17)21-19(22)11-13-20-12-10-15-4-3-5-18(14-15)24-2/h3-9,14,20H,10-13H2,1-2H3,(H,21,22). The molecule has 2 aromatic rings. The van der Waals surface area contributed by atoms with Crippen molar-refractivity contribution in [3.63, 3.8) is 0 Å². The van der Waals surface area contributed by atoms with E-state index in [0.29, 0.717) is 13.0 Å². The SMILES string of the molecule is COc1ccc(NC(=O)CCNCCc2cccc(OC)c2)cc1. The normalized spacial score (nSPS) is 10.2. The van der Waals surface area contributed by atoms with Crippen LogP contribution in [0.1, 0.15) is 12.0 Å². The van der Waals surface area contributed by atoms with Gasteiger partial charge in [-0.15, -0.1) is 0 Å². The number of amides is 1. The first-order chi connectivity index (χ1) is 11.7. The van der Waals surface area contributed by atoms with Crippen molar-refractivity contribution in [1.29, 1.82) is 0 Å². The smallest absolute Gasteiger partial charge is 0.225 e. The maximum atomic E-state index is 11.9. The third-order valence-corrected chi connectivity index (χ3v) is 3.63. The van der Waals surface area contributed by atoms with E-state index in [0.717, 1.165) is 30.2 Å². The van der Waals surface area contributed by atoms with Gasteiger partial charge in [0, 0.05) is 18.7 Å². The third-order valence-electron chi connectivity index (χ3n) is 3.63. The molecule has 0 aliphatic heterocycles. The zero-order chi connectivity index (χ0) is 17.2. The van der Waals surface area contributed by atoms with Crippen LogP contribution in [-0.2, 0) is 11.2 Å². The second kappa shape index (κ2) is 9.57. The molecule has 0 fully saturated rings. The van der Waals surface area contributed by atoms with Crippen LogP contribution in [0.5, 0.6) is 11.5 Å². The van der Waals surface area contributed by atoms with Gasteiger partial charge in [-0.3, -0.25) is 4.79 Å². The van der Waals surface area contributed by atoms with Crippen molar-refractivity contribution in [3.05, 3.63) is 54.1 Å². The largest absolute Gasteiger partial charge is 0.497 e. The average Bonchev–Trinajstić information content (AvgIpc) is 2.62. The molecule has 1 amide bonds. The van der Waals surface area contributed by atoms with Gasteiger partial charge in [0.05, 0.1) is 14.2 Å². The van der Waals surface area contributed by atoms with E-state index in [4.69, 9.17) is 9.47 Å². The minimum absolute atomic E-state index is 0.00551. The maximum Gasteiger partial charge on any atom is 0.225 e. The predicted molar refractivity (Wildman–Crippen MR) is 95.8 cm³/mol. The number of carbonyl (C=O) groups excluding carboxylic acids is 1. The van der Waals surface area contributed by atoms with Gasteiger partial charge in [-0.1, -0.05) is 12.1 Å². The molecule has 0 aliphatic carbocycles. The summed E-state index contributed by atoms with van der Waals surface area (Å²) < 4.78 is 10.3. The lowest BCUT2D eigenvalue weighted by molar-refractivity contribution is -0.116. The quantitative estimate of drug-likeness (QED) is 0.695. The van der Waals surface area contributed by atoms with Crippen molar-refractivity contribution >= 4 is 11.6 Å². The van der Waals surface area contributed by atoms with Crippen molar-refractivity contribution in [3.8, 4) is 11.5 Å². The molecule has 2 rings (SSSR count). The highest BCUT2D eigenvalue weighted by Gasteiger charge is 2.02. The van der Waals surface area contributed by atoms with Crippen LogP contribution in [-0.4, -0.2) is 33.2 Å². The zero-order valence-corrected chi connectivity index (χ0v) is 14.2. The number of ether oxygens (including phenoxy) is 2. The topological polar surface area (TPSA) is 59.6 Å². The summed E-state index contributed by atoms with van der Waals surface area (Å²) in [7, 11) is 3.28. The molecular weight excluding hydrogens is 304 g/mol. The minimum Gasteiger partial charge on any atom is -0.497 e. The molecule has 0 heterocycles. The van der Waals surface area contributed by atoms with E-state index < -0.39 is 0 Å². The number of anilines is 1. The van der Waals surface area contributed by atoms with Crippen molar-refractivity contribution < 1.29 is 14.3 Å². The molecule has 0 aromatic heterocycles. The molecule has 2 aromatic carbocycles. The third kappa shape index (κ3) is 5.93. The number of hydrogen-bond acceptors (Lipinski definition) is 4. The second-order valence-corrected chi connectivity index (χ2v) is 5.38. The van der Waals surface area contributed by atoms with E-state index in [1.54, 1.807) is 14.2 Å². The molecule has 2 N–H and O–H groups in total. The Morgan fingerprint density at radius 3 is 2.42 bits per heavy atom. The van der Waals surface area contributed by atoms with Gasteiger partial charge in [0.15, 0.2) is 0 Å². The second-order valence-electron chi connectivity index (χ2n) is 5.38. The molecular formula is C19H24N2O3. The Morgan fingerprint density at radius 2 is 1.71 bits per heavy atom. The molecule has 0 spiro atoms. The molecule has 24 heavy (non-hydrogen) atoms. The molecule has 5 nitrogen and oxygen atoms in total. The summed E-state index contributed by atoms with van der Waals surface area (Å²) in [5.41, 5.74) is 1.99. The average molecular weight is 328 g/mol. The van der Waals surface area contributed by atoms with Crippen LogP contribution in [0.4, 0.5) is 5.69 Å². The monoisotopic (exact) mass is 328 g/mol. The van der Waals surface area contributed by atoms with Gasteiger partial charge >= 0.3 is 0 Å². The van der Waals surface area contributed by atoms with E-state index in [1.807, 2.05) is 42.5 Å². The molecule has 0 saturated carbocycles. The highest BCUT2D eigenvalue weighted by molar-refractivity contribution is 5.90. The Bertz CT molecular complexity index is 641. The molecule has 128 valence electrons. The van der Waals surface area contributed by atoms with Crippen LogP contribution >= 0.6 is 0 Å². The van der Waals surface area contributed by atoms with Crippen LogP contribution < -0.4 is 20.1 Å². The fraction of sp³-hybridized carbons (Fsp3) is 0.316. The first-order valence-electron chi connectivity index (χ1n) is 7.99. The van der Waals surface area contributed by atoms with Gasteiger partial charge in [0.1, 0.15) is 11.5 Å². The molecule has 0 aliphatic rings. The van der Waals surface area contributed by atoms with Crippen LogP contribution in [0, 0.1) is 0 Å². The summed E-state index contributed by atoms with van der Waals surface area (Å²) in [4.78, 5) is 11.9. The van der Waals surface area contributed by atoms with Crippen LogP contribution in [0.2, 0.25) is 0 Å². The number of rotatable bonds is 9. The lowest BCUT2D eigenvalue weighted by Crippen LogP contribution is -2.23.